The van der Waals surface area contributed by atoms with E-state index in [4.69, 9.17) is 4.74 Å². The van der Waals surface area contributed by atoms with Crippen LogP contribution in [-0.4, -0.2) is 21.1 Å². The van der Waals surface area contributed by atoms with Crippen LogP contribution in [-0.2, 0) is 0 Å². The van der Waals surface area contributed by atoms with E-state index < -0.39 is 11.5 Å². The Bertz CT molecular complexity index is 1210. The van der Waals surface area contributed by atoms with E-state index in [1.54, 1.807) is 43.5 Å². The van der Waals surface area contributed by atoms with Gasteiger partial charge in [-0.2, -0.15) is 5.10 Å². The van der Waals surface area contributed by atoms with Crippen molar-refractivity contribution in [2.75, 3.05) is 5.32 Å². The van der Waals surface area contributed by atoms with Crippen LogP contribution in [0.25, 0.3) is 10.8 Å². The molecule has 138 valence electrons. The van der Waals surface area contributed by atoms with Crippen LogP contribution < -0.4 is 15.6 Å². The molecule has 7 heteroatoms. The fourth-order valence-corrected chi connectivity index (χ4v) is 2.74. The van der Waals surface area contributed by atoms with E-state index in [9.17, 15) is 9.59 Å². The number of pyridine rings is 1. The van der Waals surface area contributed by atoms with Crippen LogP contribution in [0, 0.1) is 6.92 Å². The molecule has 0 aliphatic heterocycles. The predicted octanol–water partition coefficient (Wildman–Crippen LogP) is 3.67. The van der Waals surface area contributed by atoms with Gasteiger partial charge in [-0.05, 0) is 49.4 Å². The van der Waals surface area contributed by atoms with Gasteiger partial charge in [0.05, 0.1) is 6.20 Å². The van der Waals surface area contributed by atoms with Crippen molar-refractivity contribution in [1.29, 1.82) is 0 Å². The lowest BCUT2D eigenvalue weighted by atomic mass is 10.2. The van der Waals surface area contributed by atoms with E-state index in [1.807, 2.05) is 24.3 Å². The Labute approximate surface area is 160 Å². The molecule has 0 atom stereocenters. The second-order valence-corrected chi connectivity index (χ2v) is 6.20. The molecule has 0 saturated carbocycles. The predicted molar refractivity (Wildman–Crippen MR) is 106 cm³/mol. The summed E-state index contributed by atoms with van der Waals surface area (Å²) in [6.45, 7) is 1.75. The number of carbonyl (C=O) groups excluding carboxylic acids is 1. The molecular formula is C21H16N4O3. The number of benzene rings is 2. The monoisotopic (exact) mass is 372 g/mol. The van der Waals surface area contributed by atoms with E-state index in [0.29, 0.717) is 23.0 Å². The number of nitrogens with zero attached hydrogens (tertiary/aromatic N) is 2. The molecule has 4 rings (SSSR count). The average molecular weight is 372 g/mol. The number of hydrogen-bond acceptors (Lipinski definition) is 5. The standard InChI is InChI=1S/C21H16N4O3/c1-13-6-11-18(19(26)23-13)20(27)24-15-7-9-16(10-8-15)28-21-17-5-3-2-4-14(17)12-22-25-21/h2-12H,1H3,(H,23,26)(H,24,27). The molecule has 1 amide bonds. The van der Waals surface area contributed by atoms with Crippen molar-refractivity contribution < 1.29 is 9.53 Å². The first-order valence-electron chi connectivity index (χ1n) is 8.60. The van der Waals surface area contributed by atoms with Gasteiger partial charge in [0.25, 0.3) is 11.5 Å². The Morgan fingerprint density at radius 1 is 1.04 bits per heavy atom. The van der Waals surface area contributed by atoms with Gasteiger partial charge >= 0.3 is 0 Å². The molecule has 4 aromatic rings. The summed E-state index contributed by atoms with van der Waals surface area (Å²) in [5, 5.41) is 12.5. The number of hydrogen-bond donors (Lipinski definition) is 2. The van der Waals surface area contributed by atoms with Gasteiger partial charge < -0.3 is 15.0 Å². The summed E-state index contributed by atoms with van der Waals surface area (Å²) in [5.41, 5.74) is 0.866. The molecule has 0 bridgehead atoms. The highest BCUT2D eigenvalue weighted by Gasteiger charge is 2.11. The molecule has 0 saturated heterocycles. The number of ether oxygens (including phenoxy) is 1. The minimum Gasteiger partial charge on any atom is -0.437 e. The number of anilines is 1. The van der Waals surface area contributed by atoms with Crippen molar-refractivity contribution in [2.24, 2.45) is 0 Å². The van der Waals surface area contributed by atoms with E-state index in [0.717, 1.165) is 10.8 Å². The van der Waals surface area contributed by atoms with Crippen molar-refractivity contribution in [3.8, 4) is 11.6 Å². The van der Waals surface area contributed by atoms with Crippen molar-refractivity contribution in [3.05, 3.63) is 88.5 Å². The lowest BCUT2D eigenvalue weighted by Crippen LogP contribution is -2.23. The molecule has 0 radical (unpaired) electrons. The average Bonchev–Trinajstić information content (AvgIpc) is 2.69. The second-order valence-electron chi connectivity index (χ2n) is 6.20. The Hall–Kier alpha value is -4.00. The van der Waals surface area contributed by atoms with Gasteiger partial charge in [-0.3, -0.25) is 9.59 Å². The number of aromatic nitrogens is 3. The van der Waals surface area contributed by atoms with Crippen LogP contribution in [0.2, 0.25) is 0 Å². The number of amides is 1. The molecule has 2 aromatic carbocycles. The molecule has 0 spiro atoms. The first-order valence-corrected chi connectivity index (χ1v) is 8.60. The Morgan fingerprint density at radius 2 is 1.82 bits per heavy atom. The maximum Gasteiger partial charge on any atom is 0.261 e. The van der Waals surface area contributed by atoms with E-state index >= 15 is 0 Å². The molecule has 0 aliphatic carbocycles. The number of aryl methyl sites for hydroxylation is 1. The third-order valence-corrected chi connectivity index (χ3v) is 4.16. The summed E-state index contributed by atoms with van der Waals surface area (Å²) in [6.07, 6.45) is 1.67. The topological polar surface area (TPSA) is 97.0 Å². The fourth-order valence-electron chi connectivity index (χ4n) is 2.74. The van der Waals surface area contributed by atoms with Gasteiger partial charge in [-0.15, -0.1) is 5.10 Å². The van der Waals surface area contributed by atoms with E-state index in [-0.39, 0.29) is 5.56 Å². The SMILES string of the molecule is Cc1ccc(C(=O)Nc2ccc(Oc3nncc4ccccc34)cc2)c(=O)[nH]1. The molecule has 0 fully saturated rings. The zero-order chi connectivity index (χ0) is 19.5. The van der Waals surface area contributed by atoms with E-state index in [2.05, 4.69) is 20.5 Å². The molecular weight excluding hydrogens is 356 g/mol. The molecule has 2 N–H and O–H groups in total. The molecule has 7 nitrogen and oxygen atoms in total. The van der Waals surface area contributed by atoms with Gasteiger partial charge in [-0.25, -0.2) is 0 Å². The van der Waals surface area contributed by atoms with Crippen LogP contribution in [0.15, 0.2) is 71.7 Å². The zero-order valence-electron chi connectivity index (χ0n) is 15.0. The number of nitrogens with one attached hydrogen (secondary N) is 2. The van der Waals surface area contributed by atoms with Crippen molar-refractivity contribution in [2.45, 2.75) is 6.92 Å². The summed E-state index contributed by atoms with van der Waals surface area (Å²) >= 11 is 0. The fraction of sp³-hybridized carbons (Fsp3) is 0.0476. The number of H-pyrrole nitrogens is 1. The van der Waals surface area contributed by atoms with Crippen LogP contribution >= 0.6 is 0 Å². The van der Waals surface area contributed by atoms with Gasteiger partial charge in [0.2, 0.25) is 5.88 Å². The summed E-state index contributed by atoms with van der Waals surface area (Å²) in [6, 6.07) is 17.6. The molecule has 2 heterocycles. The largest absolute Gasteiger partial charge is 0.437 e. The van der Waals surface area contributed by atoms with Crippen molar-refractivity contribution in [1.82, 2.24) is 15.2 Å². The van der Waals surface area contributed by atoms with Crippen LogP contribution in [0.4, 0.5) is 5.69 Å². The van der Waals surface area contributed by atoms with E-state index in [1.165, 1.54) is 6.07 Å². The van der Waals surface area contributed by atoms with Gasteiger partial charge in [0, 0.05) is 22.2 Å². The minimum atomic E-state index is -0.477. The summed E-state index contributed by atoms with van der Waals surface area (Å²) in [7, 11) is 0. The Kier molecular flexibility index (Phi) is 4.55. The van der Waals surface area contributed by atoms with Crippen molar-refractivity contribution >= 4 is 22.4 Å². The molecule has 0 unspecified atom stereocenters. The highest BCUT2D eigenvalue weighted by atomic mass is 16.5. The quantitative estimate of drug-likeness (QED) is 0.570. The highest BCUT2D eigenvalue weighted by molar-refractivity contribution is 6.04. The Morgan fingerprint density at radius 3 is 2.61 bits per heavy atom. The zero-order valence-corrected chi connectivity index (χ0v) is 15.0. The number of carbonyl (C=O) groups is 1. The van der Waals surface area contributed by atoms with Crippen LogP contribution in [0.3, 0.4) is 0 Å². The highest BCUT2D eigenvalue weighted by Crippen LogP contribution is 2.27. The maximum atomic E-state index is 12.3. The van der Waals surface area contributed by atoms with Gasteiger partial charge in [0.1, 0.15) is 11.3 Å². The summed E-state index contributed by atoms with van der Waals surface area (Å²) in [5.74, 6) is 0.479. The molecule has 28 heavy (non-hydrogen) atoms. The first-order chi connectivity index (χ1) is 13.6. The van der Waals surface area contributed by atoms with Gasteiger partial charge in [0.15, 0.2) is 0 Å². The van der Waals surface area contributed by atoms with Crippen molar-refractivity contribution in [3.63, 3.8) is 0 Å². The maximum absolute atomic E-state index is 12.3. The first kappa shape index (κ1) is 17.4. The third kappa shape index (κ3) is 3.59. The number of fused-ring (bicyclic) bond motifs is 1. The van der Waals surface area contributed by atoms with Crippen LogP contribution in [0.1, 0.15) is 16.1 Å². The second kappa shape index (κ2) is 7.32. The normalized spacial score (nSPS) is 10.6. The molecule has 2 aromatic heterocycles. The lowest BCUT2D eigenvalue weighted by molar-refractivity contribution is 0.102. The summed E-state index contributed by atoms with van der Waals surface area (Å²) < 4.78 is 5.83. The Balaban J connectivity index is 1.51. The minimum absolute atomic E-state index is 0.0527. The molecule has 0 aliphatic rings. The lowest BCUT2D eigenvalue weighted by Gasteiger charge is -2.09. The smallest absolute Gasteiger partial charge is 0.261 e. The number of rotatable bonds is 4. The summed E-state index contributed by atoms with van der Waals surface area (Å²) in [4.78, 5) is 26.8. The van der Waals surface area contributed by atoms with Crippen LogP contribution in [0.5, 0.6) is 11.6 Å². The third-order valence-electron chi connectivity index (χ3n) is 4.16. The van der Waals surface area contributed by atoms with Gasteiger partial charge in [-0.1, -0.05) is 18.2 Å². The number of aromatic amines is 1.